The van der Waals surface area contributed by atoms with Crippen LogP contribution < -0.4 is 4.74 Å². The minimum absolute atomic E-state index is 0.00358. The number of benzene rings is 1. The van der Waals surface area contributed by atoms with E-state index >= 15 is 0 Å². The molecule has 45 heavy (non-hydrogen) atoms. The molecule has 5 saturated carbocycles. The Hall–Kier alpha value is -2.12. The predicted molar refractivity (Wildman–Crippen MR) is 170 cm³/mol. The number of fused-ring (bicyclic) bond motifs is 7. The maximum absolute atomic E-state index is 13.3. The van der Waals surface area contributed by atoms with E-state index in [9.17, 15) is 19.8 Å². The first-order valence-electron chi connectivity index (χ1n) is 17.6. The average molecular weight is 623 g/mol. The minimum Gasteiger partial charge on any atom is -0.497 e. The van der Waals surface area contributed by atoms with Gasteiger partial charge in [0.1, 0.15) is 18.0 Å². The van der Waals surface area contributed by atoms with Gasteiger partial charge in [0, 0.05) is 0 Å². The van der Waals surface area contributed by atoms with Crippen LogP contribution in [0.3, 0.4) is 0 Å². The van der Waals surface area contributed by atoms with E-state index < -0.39 is 17.0 Å². The summed E-state index contributed by atoms with van der Waals surface area (Å²) in [5, 5.41) is 21.9. The van der Waals surface area contributed by atoms with Crippen LogP contribution in [0.2, 0.25) is 0 Å². The molecule has 1 aliphatic heterocycles. The maximum atomic E-state index is 13.3. The van der Waals surface area contributed by atoms with Crippen molar-refractivity contribution in [3.8, 4) is 5.75 Å². The van der Waals surface area contributed by atoms with Crippen molar-refractivity contribution in [2.24, 2.45) is 56.7 Å². The average Bonchev–Trinajstić information content (AvgIpc) is 3.69. The fraction of sp³-hybridized carbons (Fsp3) is 0.789. The van der Waals surface area contributed by atoms with E-state index in [4.69, 9.17) is 14.2 Å². The Bertz CT molecular complexity index is 1350. The molecule has 0 spiro atoms. The van der Waals surface area contributed by atoms with Crippen LogP contribution in [0.1, 0.15) is 109 Å². The van der Waals surface area contributed by atoms with Gasteiger partial charge in [-0.3, -0.25) is 4.79 Å². The van der Waals surface area contributed by atoms with Gasteiger partial charge in [-0.15, -0.1) is 0 Å². The van der Waals surface area contributed by atoms with Crippen LogP contribution in [0.15, 0.2) is 24.3 Å². The number of hydrogen-bond donors (Lipinski definition) is 2. The number of carboxylic acids is 1. The highest BCUT2D eigenvalue weighted by Crippen LogP contribution is 2.78. The number of epoxide rings is 1. The molecular formula is C38H54O7. The molecule has 11 atom stereocenters. The highest BCUT2D eigenvalue weighted by Gasteiger charge is 2.74. The largest absolute Gasteiger partial charge is 0.497 e. The number of hydrogen-bond acceptors (Lipinski definition) is 6. The zero-order valence-corrected chi connectivity index (χ0v) is 28.2. The van der Waals surface area contributed by atoms with E-state index in [1.807, 2.05) is 0 Å². The third-order valence-electron chi connectivity index (χ3n) is 15.8. The molecular weight excluding hydrogens is 568 g/mol. The number of aliphatic hydroxyl groups excluding tert-OH is 1. The molecule has 2 N–H and O–H groups in total. The number of carbonyl (C=O) groups excluding carboxylic acids is 1. The quantitative estimate of drug-likeness (QED) is 0.256. The van der Waals surface area contributed by atoms with Crippen molar-refractivity contribution < 1.29 is 34.0 Å². The third kappa shape index (κ3) is 4.20. The van der Waals surface area contributed by atoms with Gasteiger partial charge in [0.05, 0.1) is 30.8 Å². The summed E-state index contributed by atoms with van der Waals surface area (Å²) in [5.41, 5.74) is -0.662. The smallest absolute Gasteiger partial charge is 0.338 e. The lowest BCUT2D eigenvalue weighted by Gasteiger charge is -2.72. The van der Waals surface area contributed by atoms with Crippen LogP contribution in [-0.4, -0.2) is 54.2 Å². The molecule has 2 unspecified atom stereocenters. The normalized spacial score (nSPS) is 47.8. The van der Waals surface area contributed by atoms with Crippen LogP contribution >= 0.6 is 0 Å². The molecule has 1 aromatic carbocycles. The lowest BCUT2D eigenvalue weighted by atomic mass is 9.32. The molecule has 5 aliphatic carbocycles. The van der Waals surface area contributed by atoms with Crippen molar-refractivity contribution in [3.05, 3.63) is 29.8 Å². The molecule has 1 aromatic rings. The van der Waals surface area contributed by atoms with Gasteiger partial charge in [0.2, 0.25) is 0 Å². The summed E-state index contributed by atoms with van der Waals surface area (Å²) in [6.45, 7) is 12.9. The number of methoxy groups -OCH3 is 1. The Kier molecular flexibility index (Phi) is 7.13. The first kappa shape index (κ1) is 31.5. The topological polar surface area (TPSA) is 106 Å². The first-order chi connectivity index (χ1) is 21.2. The van der Waals surface area contributed by atoms with Crippen molar-refractivity contribution in [3.63, 3.8) is 0 Å². The van der Waals surface area contributed by atoms with Gasteiger partial charge < -0.3 is 24.4 Å². The van der Waals surface area contributed by atoms with Gasteiger partial charge >= 0.3 is 11.9 Å². The van der Waals surface area contributed by atoms with E-state index in [1.165, 1.54) is 0 Å². The van der Waals surface area contributed by atoms with E-state index in [0.29, 0.717) is 42.6 Å². The van der Waals surface area contributed by atoms with Gasteiger partial charge in [0.15, 0.2) is 0 Å². The molecule has 1 saturated heterocycles. The third-order valence-corrected chi connectivity index (χ3v) is 15.8. The Balaban J connectivity index is 1.18. The molecule has 0 aromatic heterocycles. The fourth-order valence-electron chi connectivity index (χ4n) is 13.0. The number of ether oxygens (including phenoxy) is 3. The standard InChI is InChI=1S/C38H54O7/c1-33(2)27-14-17-36(5)28(34(27,3)16-15-29(33)39)12-11-25-30-26(13-18-37(30,32(41)42)20-19-35(25,36)4)38(22-45-38)21-44-31(40)23-7-9-24(43-6)10-8-23/h7-10,25-30,39H,11-22H2,1-6H3,(H,41,42)/t25?,26-,27+,28-,29-,30-,34+,35-,36-,37+,38?/m1/s1. The zero-order chi connectivity index (χ0) is 32.2. The molecule has 0 radical (unpaired) electrons. The van der Waals surface area contributed by atoms with Crippen LogP contribution in [0, 0.1) is 56.7 Å². The van der Waals surface area contributed by atoms with Crippen LogP contribution in [0.5, 0.6) is 5.75 Å². The van der Waals surface area contributed by atoms with Gasteiger partial charge in [-0.25, -0.2) is 4.79 Å². The first-order valence-corrected chi connectivity index (χ1v) is 17.6. The summed E-state index contributed by atoms with van der Waals surface area (Å²) >= 11 is 0. The Morgan fingerprint density at radius 3 is 2.20 bits per heavy atom. The summed E-state index contributed by atoms with van der Waals surface area (Å²) in [6.07, 6.45) is 9.27. The van der Waals surface area contributed by atoms with E-state index in [-0.39, 0.29) is 58.1 Å². The highest BCUT2D eigenvalue weighted by molar-refractivity contribution is 5.89. The van der Waals surface area contributed by atoms with Crippen LogP contribution in [-0.2, 0) is 14.3 Å². The minimum atomic E-state index is -0.741. The summed E-state index contributed by atoms with van der Waals surface area (Å²) < 4.78 is 17.4. The SMILES string of the molecule is COc1ccc(C(=O)OCC2([C@@H]3CC[C@]4(C(=O)O)CC[C@]5(C)C(CC[C@@H]6[C@@]7(C)CC[C@@H](O)C(C)(C)[C@@H]7CC[C@]65C)[C@H]34)CO2)cc1. The lowest BCUT2D eigenvalue weighted by molar-refractivity contribution is -0.250. The Labute approximate surface area is 268 Å². The maximum Gasteiger partial charge on any atom is 0.338 e. The van der Waals surface area contributed by atoms with Crippen LogP contribution in [0.4, 0.5) is 0 Å². The molecule has 0 amide bonds. The Morgan fingerprint density at radius 1 is 0.844 bits per heavy atom. The van der Waals surface area contributed by atoms with Gasteiger partial charge in [-0.1, -0.05) is 34.6 Å². The van der Waals surface area contributed by atoms with E-state index in [1.54, 1.807) is 31.4 Å². The molecule has 1 heterocycles. The van der Waals surface area contributed by atoms with Crippen molar-refractivity contribution in [2.45, 2.75) is 111 Å². The highest BCUT2D eigenvalue weighted by atomic mass is 16.6. The lowest BCUT2D eigenvalue weighted by Crippen LogP contribution is -2.67. The van der Waals surface area contributed by atoms with Gasteiger partial charge in [-0.2, -0.15) is 0 Å². The molecule has 7 nitrogen and oxygen atoms in total. The van der Waals surface area contributed by atoms with E-state index in [2.05, 4.69) is 34.6 Å². The molecule has 6 fully saturated rings. The predicted octanol–water partition coefficient (Wildman–Crippen LogP) is 7.15. The van der Waals surface area contributed by atoms with Crippen molar-refractivity contribution in [1.82, 2.24) is 0 Å². The van der Waals surface area contributed by atoms with Gasteiger partial charge in [0.25, 0.3) is 0 Å². The Morgan fingerprint density at radius 2 is 1.56 bits per heavy atom. The number of esters is 1. The number of carbonyl (C=O) groups is 2. The molecule has 248 valence electrons. The second-order valence-electron chi connectivity index (χ2n) is 17.3. The van der Waals surface area contributed by atoms with Gasteiger partial charge in [-0.05, 0) is 140 Å². The number of carboxylic acid groups (broad SMARTS) is 1. The van der Waals surface area contributed by atoms with Crippen molar-refractivity contribution in [1.29, 1.82) is 0 Å². The molecule has 0 bridgehead atoms. The molecule has 7 rings (SSSR count). The summed E-state index contributed by atoms with van der Waals surface area (Å²) in [7, 11) is 1.59. The van der Waals surface area contributed by atoms with E-state index in [0.717, 1.165) is 51.4 Å². The second-order valence-corrected chi connectivity index (χ2v) is 17.3. The van der Waals surface area contributed by atoms with Crippen molar-refractivity contribution >= 4 is 11.9 Å². The van der Waals surface area contributed by atoms with Crippen LogP contribution in [0.25, 0.3) is 0 Å². The fourth-order valence-corrected chi connectivity index (χ4v) is 13.0. The summed E-state index contributed by atoms with van der Waals surface area (Å²) in [4.78, 5) is 26.3. The molecule has 7 heteroatoms. The van der Waals surface area contributed by atoms with Crippen molar-refractivity contribution in [2.75, 3.05) is 20.3 Å². The molecule has 6 aliphatic rings. The summed E-state index contributed by atoms with van der Waals surface area (Å²) in [6, 6.07) is 6.92. The second kappa shape index (κ2) is 10.2. The monoisotopic (exact) mass is 622 g/mol. The number of aliphatic carboxylic acids is 1. The number of rotatable bonds is 6. The number of aliphatic hydroxyl groups is 1. The summed E-state index contributed by atoms with van der Waals surface area (Å²) in [5.74, 6) is 1.05. The zero-order valence-electron chi connectivity index (χ0n) is 28.2.